The summed E-state index contributed by atoms with van der Waals surface area (Å²) in [4.78, 5) is 24.5. The van der Waals surface area contributed by atoms with Crippen LogP contribution in [0.5, 0.6) is 11.5 Å². The number of benzene rings is 3. The maximum absolute atomic E-state index is 12.6. The number of nitrogens with zero attached hydrogens (tertiary/aromatic N) is 2. The van der Waals surface area contributed by atoms with Gasteiger partial charge in [0.15, 0.2) is 5.75 Å². The van der Waals surface area contributed by atoms with Gasteiger partial charge in [-0.3, -0.25) is 14.3 Å². The Morgan fingerprint density at radius 1 is 0.929 bits per heavy atom. The molecule has 0 aliphatic carbocycles. The summed E-state index contributed by atoms with van der Waals surface area (Å²) >= 11 is 0. The van der Waals surface area contributed by atoms with Crippen LogP contribution in [0.25, 0.3) is 10.9 Å². The molecule has 0 saturated carbocycles. The first-order valence-corrected chi connectivity index (χ1v) is 8.77. The molecule has 6 heteroatoms. The summed E-state index contributed by atoms with van der Waals surface area (Å²) in [5.41, 5.74) is 0.995. The van der Waals surface area contributed by atoms with E-state index < -0.39 is 0 Å². The van der Waals surface area contributed by atoms with Crippen molar-refractivity contribution < 1.29 is 9.53 Å². The van der Waals surface area contributed by atoms with Crippen molar-refractivity contribution in [3.05, 3.63) is 95.3 Å². The number of rotatable bonds is 5. The van der Waals surface area contributed by atoms with Gasteiger partial charge in [-0.25, -0.2) is 0 Å². The monoisotopic (exact) mass is 371 g/mol. The van der Waals surface area contributed by atoms with Crippen molar-refractivity contribution in [2.75, 3.05) is 5.32 Å². The van der Waals surface area contributed by atoms with Crippen LogP contribution >= 0.6 is 0 Å². The summed E-state index contributed by atoms with van der Waals surface area (Å²) in [6.45, 7) is -0.0273. The maximum Gasteiger partial charge on any atom is 0.246 e. The fraction of sp³-hybridized carbons (Fsp3) is 0.0455. The highest BCUT2D eigenvalue weighted by Crippen LogP contribution is 2.29. The molecule has 0 atom stereocenters. The van der Waals surface area contributed by atoms with Crippen LogP contribution in [-0.2, 0) is 11.3 Å². The highest BCUT2D eigenvalue weighted by Gasteiger charge is 2.11. The lowest BCUT2D eigenvalue weighted by molar-refractivity contribution is -0.116. The van der Waals surface area contributed by atoms with E-state index in [4.69, 9.17) is 4.74 Å². The summed E-state index contributed by atoms with van der Waals surface area (Å²) in [5, 5.41) is 7.47. The van der Waals surface area contributed by atoms with E-state index in [2.05, 4.69) is 10.4 Å². The zero-order valence-corrected chi connectivity index (χ0v) is 14.9. The number of fused-ring (bicyclic) bond motifs is 1. The molecular weight excluding hydrogens is 354 g/mol. The predicted molar refractivity (Wildman–Crippen MR) is 108 cm³/mol. The van der Waals surface area contributed by atoms with Crippen LogP contribution in [0.15, 0.2) is 89.9 Å². The van der Waals surface area contributed by atoms with Gasteiger partial charge in [0.25, 0.3) is 0 Å². The Morgan fingerprint density at radius 3 is 2.50 bits per heavy atom. The smallest absolute Gasteiger partial charge is 0.246 e. The van der Waals surface area contributed by atoms with E-state index in [0.29, 0.717) is 28.1 Å². The summed E-state index contributed by atoms with van der Waals surface area (Å²) in [6.07, 6.45) is 1.22. The summed E-state index contributed by atoms with van der Waals surface area (Å²) in [6, 6.07) is 23.6. The van der Waals surface area contributed by atoms with Gasteiger partial charge < -0.3 is 10.1 Å². The topological polar surface area (TPSA) is 73.2 Å². The first-order valence-electron chi connectivity index (χ1n) is 8.77. The Kier molecular flexibility index (Phi) is 4.84. The molecule has 138 valence electrons. The molecule has 0 bridgehead atoms. The quantitative estimate of drug-likeness (QED) is 0.579. The molecule has 0 radical (unpaired) electrons. The van der Waals surface area contributed by atoms with E-state index in [1.54, 1.807) is 36.4 Å². The Morgan fingerprint density at radius 2 is 1.64 bits per heavy atom. The van der Waals surface area contributed by atoms with E-state index in [0.717, 1.165) is 0 Å². The van der Waals surface area contributed by atoms with Gasteiger partial charge in [-0.1, -0.05) is 42.5 Å². The summed E-state index contributed by atoms with van der Waals surface area (Å²) in [5.74, 6) is 0.947. The van der Waals surface area contributed by atoms with E-state index in [1.165, 1.54) is 10.9 Å². The fourth-order valence-corrected chi connectivity index (χ4v) is 2.89. The lowest BCUT2D eigenvalue weighted by Crippen LogP contribution is -2.22. The third-order valence-electron chi connectivity index (χ3n) is 4.19. The van der Waals surface area contributed by atoms with Crippen LogP contribution in [0.1, 0.15) is 0 Å². The molecule has 1 N–H and O–H groups in total. The molecule has 0 unspecified atom stereocenters. The van der Waals surface area contributed by atoms with Gasteiger partial charge in [0.05, 0.1) is 17.4 Å². The number of ether oxygens (including phenoxy) is 1. The second-order valence-electron chi connectivity index (χ2n) is 6.14. The third-order valence-corrected chi connectivity index (χ3v) is 4.19. The first kappa shape index (κ1) is 17.5. The van der Waals surface area contributed by atoms with E-state index in [1.807, 2.05) is 42.5 Å². The number of anilines is 1. The van der Waals surface area contributed by atoms with E-state index in [9.17, 15) is 9.59 Å². The van der Waals surface area contributed by atoms with Crippen LogP contribution < -0.4 is 15.5 Å². The number of carbonyl (C=O) groups is 1. The largest absolute Gasteiger partial charge is 0.455 e. The Hall–Kier alpha value is -3.93. The number of para-hydroxylation sites is 4. The second-order valence-corrected chi connectivity index (χ2v) is 6.14. The van der Waals surface area contributed by atoms with Crippen molar-refractivity contribution in [1.82, 2.24) is 9.78 Å². The lowest BCUT2D eigenvalue weighted by Gasteiger charge is -2.13. The standard InChI is InChI=1S/C22H17N3O3/c26-20-14-23-25(19-12-6-4-10-17(19)20)15-22(27)24-18-11-5-7-13-21(18)28-16-8-2-1-3-9-16/h1-14H,15H2,(H,24,27). The Labute approximate surface area is 161 Å². The third kappa shape index (κ3) is 3.76. The van der Waals surface area contributed by atoms with Crippen LogP contribution in [-0.4, -0.2) is 15.7 Å². The van der Waals surface area contributed by atoms with Gasteiger partial charge in [-0.05, 0) is 36.4 Å². The number of nitrogens with one attached hydrogen (secondary N) is 1. The summed E-state index contributed by atoms with van der Waals surface area (Å²) in [7, 11) is 0. The van der Waals surface area contributed by atoms with Gasteiger partial charge in [0.1, 0.15) is 12.3 Å². The van der Waals surface area contributed by atoms with E-state index >= 15 is 0 Å². The van der Waals surface area contributed by atoms with Crippen LogP contribution in [0.3, 0.4) is 0 Å². The highest BCUT2D eigenvalue weighted by molar-refractivity contribution is 5.93. The Balaban J connectivity index is 1.55. The Bertz CT molecular complexity index is 1190. The van der Waals surface area contributed by atoms with Crippen LogP contribution in [0.2, 0.25) is 0 Å². The predicted octanol–water partition coefficient (Wildman–Crippen LogP) is 3.83. The second kappa shape index (κ2) is 7.75. The van der Waals surface area contributed by atoms with Crippen molar-refractivity contribution >= 4 is 22.5 Å². The first-order chi connectivity index (χ1) is 13.7. The van der Waals surface area contributed by atoms with E-state index in [-0.39, 0.29) is 17.9 Å². The SMILES string of the molecule is O=C(Cn1ncc(=O)c2ccccc21)Nc1ccccc1Oc1ccccc1. The van der Waals surface area contributed by atoms with Crippen molar-refractivity contribution in [3.8, 4) is 11.5 Å². The lowest BCUT2D eigenvalue weighted by atomic mass is 10.2. The summed E-state index contributed by atoms with van der Waals surface area (Å²) < 4.78 is 7.37. The molecule has 1 heterocycles. The average Bonchev–Trinajstić information content (AvgIpc) is 2.73. The average molecular weight is 371 g/mol. The number of aromatic nitrogens is 2. The normalized spacial score (nSPS) is 10.6. The molecule has 3 aromatic carbocycles. The van der Waals surface area contributed by atoms with Crippen LogP contribution in [0, 0.1) is 0 Å². The minimum Gasteiger partial charge on any atom is -0.455 e. The molecule has 0 saturated heterocycles. The van der Waals surface area contributed by atoms with Crippen molar-refractivity contribution in [1.29, 1.82) is 0 Å². The molecule has 1 amide bonds. The number of amides is 1. The minimum absolute atomic E-state index is 0.0273. The zero-order chi connectivity index (χ0) is 19.3. The molecule has 4 aromatic rings. The highest BCUT2D eigenvalue weighted by atomic mass is 16.5. The molecule has 6 nitrogen and oxygen atoms in total. The van der Waals surface area contributed by atoms with Crippen molar-refractivity contribution in [2.24, 2.45) is 0 Å². The maximum atomic E-state index is 12.6. The van der Waals surface area contributed by atoms with Gasteiger partial charge in [0, 0.05) is 5.39 Å². The van der Waals surface area contributed by atoms with Gasteiger partial charge in [-0.2, -0.15) is 5.10 Å². The minimum atomic E-state index is -0.273. The molecule has 0 spiro atoms. The molecule has 0 fully saturated rings. The number of hydrogen-bond donors (Lipinski definition) is 1. The van der Waals surface area contributed by atoms with Crippen molar-refractivity contribution in [3.63, 3.8) is 0 Å². The van der Waals surface area contributed by atoms with Gasteiger partial charge in [-0.15, -0.1) is 0 Å². The van der Waals surface area contributed by atoms with Crippen LogP contribution in [0.4, 0.5) is 5.69 Å². The number of carbonyl (C=O) groups excluding carboxylic acids is 1. The molecule has 1 aromatic heterocycles. The number of hydrogen-bond acceptors (Lipinski definition) is 4. The molecular formula is C22H17N3O3. The van der Waals surface area contributed by atoms with Crippen molar-refractivity contribution in [2.45, 2.75) is 6.54 Å². The van der Waals surface area contributed by atoms with Gasteiger partial charge >= 0.3 is 0 Å². The molecule has 0 aliphatic rings. The zero-order valence-electron chi connectivity index (χ0n) is 14.9. The fourth-order valence-electron chi connectivity index (χ4n) is 2.89. The molecule has 4 rings (SSSR count). The molecule has 28 heavy (non-hydrogen) atoms. The molecule has 0 aliphatic heterocycles. The van der Waals surface area contributed by atoms with Gasteiger partial charge in [0.2, 0.25) is 11.3 Å².